The lowest BCUT2D eigenvalue weighted by Crippen LogP contribution is -2.44. The third-order valence-electron chi connectivity index (χ3n) is 5.25. The third kappa shape index (κ3) is 6.92. The number of urea groups is 1. The molecule has 3 rings (SSSR count). The van der Waals surface area contributed by atoms with Crippen LogP contribution in [0.1, 0.15) is 16.0 Å². The Morgan fingerprint density at radius 1 is 1.06 bits per heavy atom. The van der Waals surface area contributed by atoms with Crippen LogP contribution in [-0.4, -0.2) is 41.9 Å². The number of methoxy groups -OCH3 is 1. The van der Waals surface area contributed by atoms with E-state index < -0.39 is 6.03 Å². The Kier molecular flexibility index (Phi) is 8.81. The van der Waals surface area contributed by atoms with E-state index >= 15 is 0 Å². The van der Waals surface area contributed by atoms with Crippen molar-refractivity contribution >= 4 is 29.0 Å². The first kappa shape index (κ1) is 25.0. The second-order valence-corrected chi connectivity index (χ2v) is 8.73. The van der Waals surface area contributed by atoms with Crippen LogP contribution in [-0.2, 0) is 17.9 Å². The molecule has 1 N–H and O–H groups in total. The smallest absolute Gasteiger partial charge is 0.322 e. The Balaban J connectivity index is 1.74. The summed E-state index contributed by atoms with van der Waals surface area (Å²) >= 11 is 1.58. The lowest BCUT2D eigenvalue weighted by molar-refractivity contribution is -0.132. The Hall–Kier alpha value is -3.65. The summed E-state index contributed by atoms with van der Waals surface area (Å²) in [4.78, 5) is 30.4. The lowest BCUT2D eigenvalue weighted by atomic mass is 10.2. The van der Waals surface area contributed by atoms with E-state index in [1.54, 1.807) is 65.8 Å². The molecule has 0 unspecified atom stereocenters. The van der Waals surface area contributed by atoms with Gasteiger partial charge in [-0.2, -0.15) is 0 Å². The normalized spacial score (nSPS) is 10.4. The molecule has 0 saturated heterocycles. The van der Waals surface area contributed by atoms with E-state index in [2.05, 4.69) is 11.9 Å². The number of anilines is 1. The number of carbonyl (C=O) groups excluding carboxylic acids is 2. The van der Waals surface area contributed by atoms with Crippen molar-refractivity contribution in [1.29, 1.82) is 0 Å². The first-order valence-corrected chi connectivity index (χ1v) is 11.6. The molecule has 0 spiro atoms. The van der Waals surface area contributed by atoms with Gasteiger partial charge in [0.1, 0.15) is 18.1 Å². The second-order valence-electron chi connectivity index (χ2n) is 7.73. The first-order valence-electron chi connectivity index (χ1n) is 10.8. The molecule has 0 fully saturated rings. The lowest BCUT2D eigenvalue weighted by Gasteiger charge is -2.27. The molecule has 3 amide bonds. The SMILES string of the molecule is C=CCN(CC(=O)N(Cc1ccc(F)cc1)Cc1sccc1C)C(=O)Nc1ccc(OC)cc1. The van der Waals surface area contributed by atoms with Crippen LogP contribution in [0.4, 0.5) is 14.9 Å². The highest BCUT2D eigenvalue weighted by Gasteiger charge is 2.22. The Labute approximate surface area is 203 Å². The van der Waals surface area contributed by atoms with Crippen molar-refractivity contribution in [3.63, 3.8) is 0 Å². The van der Waals surface area contributed by atoms with Gasteiger partial charge in [-0.3, -0.25) is 4.79 Å². The van der Waals surface area contributed by atoms with Crippen LogP contribution in [0.15, 0.2) is 72.6 Å². The number of nitrogens with one attached hydrogen (secondary N) is 1. The number of rotatable bonds is 10. The van der Waals surface area contributed by atoms with Crippen molar-refractivity contribution in [2.75, 3.05) is 25.5 Å². The van der Waals surface area contributed by atoms with E-state index in [-0.39, 0.29) is 24.8 Å². The van der Waals surface area contributed by atoms with Crippen LogP contribution in [0.5, 0.6) is 5.75 Å². The van der Waals surface area contributed by atoms with Gasteiger partial charge >= 0.3 is 6.03 Å². The number of carbonyl (C=O) groups is 2. The number of hydrogen-bond acceptors (Lipinski definition) is 4. The van der Waals surface area contributed by atoms with Crippen LogP contribution in [0.2, 0.25) is 0 Å². The minimum Gasteiger partial charge on any atom is -0.497 e. The van der Waals surface area contributed by atoms with Crippen molar-refractivity contribution in [2.45, 2.75) is 20.0 Å². The number of thiophene rings is 1. The highest BCUT2D eigenvalue weighted by atomic mass is 32.1. The third-order valence-corrected chi connectivity index (χ3v) is 6.25. The summed E-state index contributed by atoms with van der Waals surface area (Å²) < 4.78 is 18.5. The molecule has 0 aliphatic heterocycles. The molecule has 8 heteroatoms. The number of ether oxygens (including phenoxy) is 1. The van der Waals surface area contributed by atoms with Crippen molar-refractivity contribution in [3.8, 4) is 5.75 Å². The Morgan fingerprint density at radius 2 is 1.76 bits per heavy atom. The van der Waals surface area contributed by atoms with Crippen LogP contribution in [0, 0.1) is 12.7 Å². The number of hydrogen-bond donors (Lipinski definition) is 1. The van der Waals surface area contributed by atoms with E-state index in [0.29, 0.717) is 24.5 Å². The van der Waals surface area contributed by atoms with E-state index in [1.165, 1.54) is 17.0 Å². The number of nitrogens with zero attached hydrogens (tertiary/aromatic N) is 2. The predicted octanol–water partition coefficient (Wildman–Crippen LogP) is 5.45. The molecule has 2 aromatic carbocycles. The van der Waals surface area contributed by atoms with Crippen molar-refractivity contribution < 1.29 is 18.7 Å². The predicted molar refractivity (Wildman–Crippen MR) is 133 cm³/mol. The highest BCUT2D eigenvalue weighted by Crippen LogP contribution is 2.20. The monoisotopic (exact) mass is 481 g/mol. The van der Waals surface area contributed by atoms with Gasteiger partial charge in [-0.05, 0) is 65.9 Å². The molecule has 1 heterocycles. The summed E-state index contributed by atoms with van der Waals surface area (Å²) in [5.74, 6) is 0.128. The number of benzene rings is 2. The van der Waals surface area contributed by atoms with Gasteiger partial charge in [-0.25, -0.2) is 9.18 Å². The van der Waals surface area contributed by atoms with Crippen LogP contribution in [0.25, 0.3) is 0 Å². The molecule has 0 radical (unpaired) electrons. The zero-order chi connectivity index (χ0) is 24.5. The Morgan fingerprint density at radius 3 is 2.35 bits per heavy atom. The molecule has 6 nitrogen and oxygen atoms in total. The summed E-state index contributed by atoms with van der Waals surface area (Å²) in [6.45, 7) is 6.50. The highest BCUT2D eigenvalue weighted by molar-refractivity contribution is 7.10. The number of halogens is 1. The molecule has 0 aliphatic rings. The molecule has 0 atom stereocenters. The van der Waals surface area contributed by atoms with Crippen LogP contribution in [0.3, 0.4) is 0 Å². The summed E-state index contributed by atoms with van der Waals surface area (Å²) in [5.41, 5.74) is 2.49. The standard InChI is InChI=1S/C26H28FN3O3S/c1-4-14-29(26(32)28-22-9-11-23(33-3)12-10-22)18-25(31)30(17-24-19(2)13-15-34-24)16-20-5-7-21(27)8-6-20/h4-13,15H,1,14,16-18H2,2-3H3,(H,28,32). The first-order chi connectivity index (χ1) is 16.4. The molecule has 178 valence electrons. The minimum atomic E-state index is -0.410. The van der Waals surface area contributed by atoms with Crippen molar-refractivity contribution in [1.82, 2.24) is 9.80 Å². The van der Waals surface area contributed by atoms with Crippen LogP contribution >= 0.6 is 11.3 Å². The summed E-state index contributed by atoms with van der Waals surface area (Å²) in [5, 5.41) is 4.79. The minimum absolute atomic E-state index is 0.125. The second kappa shape index (κ2) is 12.0. The maximum Gasteiger partial charge on any atom is 0.322 e. The van der Waals surface area contributed by atoms with E-state index in [4.69, 9.17) is 4.74 Å². The number of aryl methyl sites for hydroxylation is 1. The Bertz CT molecular complexity index is 1110. The maximum absolute atomic E-state index is 13.4. The molecule has 1 aromatic heterocycles. The largest absolute Gasteiger partial charge is 0.497 e. The van der Waals surface area contributed by atoms with Gasteiger partial charge in [0.25, 0.3) is 0 Å². The number of amides is 3. The fourth-order valence-corrected chi connectivity index (χ4v) is 4.22. The zero-order valence-electron chi connectivity index (χ0n) is 19.3. The van der Waals surface area contributed by atoms with Crippen LogP contribution < -0.4 is 10.1 Å². The van der Waals surface area contributed by atoms with Crippen molar-refractivity contribution in [2.24, 2.45) is 0 Å². The van der Waals surface area contributed by atoms with Gasteiger partial charge in [-0.1, -0.05) is 18.2 Å². The molecular formula is C26H28FN3O3S. The van der Waals surface area contributed by atoms with Gasteiger partial charge in [0.05, 0.1) is 13.7 Å². The van der Waals surface area contributed by atoms with Crippen molar-refractivity contribution in [3.05, 3.63) is 94.5 Å². The van der Waals surface area contributed by atoms with Gasteiger partial charge in [0.2, 0.25) is 5.91 Å². The van der Waals surface area contributed by atoms with Gasteiger partial charge in [0.15, 0.2) is 0 Å². The van der Waals surface area contributed by atoms with E-state index in [1.807, 2.05) is 18.4 Å². The van der Waals surface area contributed by atoms with Gasteiger partial charge < -0.3 is 19.9 Å². The van der Waals surface area contributed by atoms with E-state index in [0.717, 1.165) is 16.0 Å². The van der Waals surface area contributed by atoms with Gasteiger partial charge in [0, 0.05) is 23.7 Å². The summed E-state index contributed by atoms with van der Waals surface area (Å²) in [6, 6.07) is 14.6. The molecule has 0 aliphatic carbocycles. The zero-order valence-corrected chi connectivity index (χ0v) is 20.1. The molecular weight excluding hydrogens is 453 g/mol. The summed E-state index contributed by atoms with van der Waals surface area (Å²) in [7, 11) is 1.57. The average molecular weight is 482 g/mol. The molecule has 34 heavy (non-hydrogen) atoms. The maximum atomic E-state index is 13.4. The molecule has 3 aromatic rings. The summed E-state index contributed by atoms with van der Waals surface area (Å²) in [6.07, 6.45) is 1.58. The quantitative estimate of drug-likeness (QED) is 0.392. The fraction of sp³-hybridized carbons (Fsp3) is 0.231. The van der Waals surface area contributed by atoms with Gasteiger partial charge in [-0.15, -0.1) is 17.9 Å². The van der Waals surface area contributed by atoms with E-state index in [9.17, 15) is 14.0 Å². The fourth-order valence-electron chi connectivity index (χ4n) is 3.30. The molecule has 0 saturated carbocycles. The average Bonchev–Trinajstić information content (AvgIpc) is 3.24. The molecule has 0 bridgehead atoms. The topological polar surface area (TPSA) is 61.9 Å².